The van der Waals surface area contributed by atoms with Crippen LogP contribution in [0.25, 0.3) is 15.2 Å². The second kappa shape index (κ2) is 7.67. The molecule has 0 saturated heterocycles. The fourth-order valence-corrected chi connectivity index (χ4v) is 5.14. The van der Waals surface area contributed by atoms with E-state index in [1.165, 1.54) is 11.8 Å². The van der Waals surface area contributed by atoms with Gasteiger partial charge in [-0.1, -0.05) is 64.5 Å². The fraction of sp³-hybridized carbons (Fsp3) is 0.167. The molecule has 0 aliphatic carbocycles. The molecular weight excluding hydrogens is 423 g/mol. The van der Waals surface area contributed by atoms with Gasteiger partial charge in [-0.25, -0.2) is 0 Å². The number of halogens is 2. The van der Waals surface area contributed by atoms with Crippen LogP contribution in [0.1, 0.15) is 18.5 Å². The highest BCUT2D eigenvalue weighted by Gasteiger charge is 2.16. The molecule has 0 spiro atoms. The molecule has 0 bridgehead atoms. The molecule has 2 aromatic heterocycles. The average Bonchev–Trinajstić information content (AvgIpc) is 3.19. The third-order valence-electron chi connectivity index (χ3n) is 4.05. The van der Waals surface area contributed by atoms with Crippen molar-refractivity contribution in [3.8, 4) is 0 Å². The molecule has 1 N–H and O–H groups in total. The van der Waals surface area contributed by atoms with Gasteiger partial charge in [0.25, 0.3) is 0 Å². The average molecular weight is 437 g/mol. The second-order valence-corrected chi connectivity index (χ2v) is 8.71. The standard InChI is InChI=1S/C18H14Cl2N4OS2/c1-10(12-7-6-11(19)8-13(12)20)21-16(25)9-26-17-22-23-18-24(17)14-4-2-3-5-15(14)27-18/h2-8,10H,9H2,1H3,(H,21,25)/t10-/m1/s1. The third kappa shape index (κ3) is 3.78. The number of amides is 1. The Balaban J connectivity index is 1.45. The first-order chi connectivity index (χ1) is 13.0. The van der Waals surface area contributed by atoms with Crippen molar-refractivity contribution in [1.29, 1.82) is 0 Å². The van der Waals surface area contributed by atoms with Crippen molar-refractivity contribution in [1.82, 2.24) is 19.9 Å². The summed E-state index contributed by atoms with van der Waals surface area (Å²) in [7, 11) is 0. The minimum Gasteiger partial charge on any atom is -0.349 e. The monoisotopic (exact) mass is 436 g/mol. The molecule has 4 rings (SSSR count). The highest BCUT2D eigenvalue weighted by molar-refractivity contribution is 7.99. The minimum absolute atomic E-state index is 0.102. The molecule has 4 aromatic rings. The summed E-state index contributed by atoms with van der Waals surface area (Å²) in [5, 5.41) is 13.2. The van der Waals surface area contributed by atoms with E-state index in [1.807, 2.05) is 41.7 Å². The maximum Gasteiger partial charge on any atom is 0.230 e. The van der Waals surface area contributed by atoms with Crippen LogP contribution in [0.3, 0.4) is 0 Å². The van der Waals surface area contributed by atoms with E-state index in [9.17, 15) is 4.79 Å². The van der Waals surface area contributed by atoms with Gasteiger partial charge in [0.1, 0.15) is 0 Å². The van der Waals surface area contributed by atoms with Crippen LogP contribution < -0.4 is 5.32 Å². The predicted molar refractivity (Wildman–Crippen MR) is 112 cm³/mol. The summed E-state index contributed by atoms with van der Waals surface area (Å²) >= 11 is 15.1. The van der Waals surface area contributed by atoms with Crippen molar-refractivity contribution >= 4 is 67.4 Å². The first-order valence-corrected chi connectivity index (χ1v) is 10.7. The minimum atomic E-state index is -0.219. The van der Waals surface area contributed by atoms with Gasteiger partial charge < -0.3 is 5.32 Å². The Labute approximate surface area is 173 Å². The van der Waals surface area contributed by atoms with Crippen molar-refractivity contribution in [3.05, 3.63) is 58.1 Å². The zero-order valence-corrected chi connectivity index (χ0v) is 17.3. The van der Waals surface area contributed by atoms with Gasteiger partial charge in [0, 0.05) is 10.0 Å². The predicted octanol–water partition coefficient (Wildman–Crippen LogP) is 5.22. The third-order valence-corrected chi connectivity index (χ3v) is 6.55. The first-order valence-electron chi connectivity index (χ1n) is 8.12. The second-order valence-electron chi connectivity index (χ2n) is 5.91. The number of hydrogen-bond acceptors (Lipinski definition) is 5. The molecule has 0 unspecified atom stereocenters. The van der Waals surface area contributed by atoms with Gasteiger partial charge in [-0.15, -0.1) is 10.2 Å². The van der Waals surface area contributed by atoms with Crippen molar-refractivity contribution in [2.75, 3.05) is 5.75 Å². The molecule has 1 amide bonds. The van der Waals surface area contributed by atoms with Crippen LogP contribution >= 0.6 is 46.3 Å². The maximum absolute atomic E-state index is 12.4. The van der Waals surface area contributed by atoms with E-state index < -0.39 is 0 Å². The number of benzene rings is 2. The molecule has 138 valence electrons. The van der Waals surface area contributed by atoms with Crippen molar-refractivity contribution in [3.63, 3.8) is 0 Å². The number of nitrogens with one attached hydrogen (secondary N) is 1. The van der Waals surface area contributed by atoms with Crippen molar-refractivity contribution < 1.29 is 4.79 Å². The van der Waals surface area contributed by atoms with Crippen molar-refractivity contribution in [2.45, 2.75) is 18.1 Å². The summed E-state index contributed by atoms with van der Waals surface area (Å²) in [5.74, 6) is 0.135. The topological polar surface area (TPSA) is 59.3 Å². The van der Waals surface area contributed by atoms with Crippen LogP contribution in [-0.4, -0.2) is 26.3 Å². The number of carbonyl (C=O) groups excluding carboxylic acids is 1. The van der Waals surface area contributed by atoms with Crippen LogP contribution in [0.5, 0.6) is 0 Å². The van der Waals surface area contributed by atoms with Gasteiger partial charge in [-0.2, -0.15) is 0 Å². The lowest BCUT2D eigenvalue weighted by molar-refractivity contribution is -0.119. The van der Waals surface area contributed by atoms with Crippen LogP contribution in [0.2, 0.25) is 10.0 Å². The number of rotatable bonds is 5. The van der Waals surface area contributed by atoms with Gasteiger partial charge in [-0.3, -0.25) is 9.20 Å². The van der Waals surface area contributed by atoms with Crippen LogP contribution in [0.15, 0.2) is 47.6 Å². The van der Waals surface area contributed by atoms with E-state index in [2.05, 4.69) is 15.5 Å². The molecule has 1 atom stereocenters. The molecule has 2 aromatic carbocycles. The Kier molecular flexibility index (Phi) is 5.27. The molecule has 0 fully saturated rings. The van der Waals surface area contributed by atoms with E-state index >= 15 is 0 Å². The van der Waals surface area contributed by atoms with Crippen LogP contribution in [-0.2, 0) is 4.79 Å². The summed E-state index contributed by atoms with van der Waals surface area (Å²) in [5.41, 5.74) is 1.87. The largest absolute Gasteiger partial charge is 0.349 e. The molecule has 2 heterocycles. The molecule has 27 heavy (non-hydrogen) atoms. The van der Waals surface area contributed by atoms with Gasteiger partial charge in [0.15, 0.2) is 5.16 Å². The van der Waals surface area contributed by atoms with Gasteiger partial charge in [0.2, 0.25) is 10.9 Å². The van der Waals surface area contributed by atoms with Crippen LogP contribution in [0, 0.1) is 0 Å². The molecule has 0 radical (unpaired) electrons. The lowest BCUT2D eigenvalue weighted by atomic mass is 10.1. The number of hydrogen-bond donors (Lipinski definition) is 1. The summed E-state index contributed by atoms with van der Waals surface area (Å²) in [6.07, 6.45) is 0. The lowest BCUT2D eigenvalue weighted by Crippen LogP contribution is -2.28. The Hall–Kier alpha value is -1.80. The number of carbonyl (C=O) groups is 1. The number of fused-ring (bicyclic) bond motifs is 3. The van der Waals surface area contributed by atoms with Gasteiger partial charge in [0.05, 0.1) is 22.0 Å². The highest BCUT2D eigenvalue weighted by Crippen LogP contribution is 2.30. The lowest BCUT2D eigenvalue weighted by Gasteiger charge is -2.15. The molecular formula is C18H14Cl2N4OS2. The number of nitrogens with zero attached hydrogens (tertiary/aromatic N) is 3. The SMILES string of the molecule is C[C@@H](NC(=O)CSc1nnc2sc3ccccc3n12)c1ccc(Cl)cc1Cl. The summed E-state index contributed by atoms with van der Waals surface area (Å²) in [6.45, 7) is 1.89. The quantitative estimate of drug-likeness (QED) is 0.435. The summed E-state index contributed by atoms with van der Waals surface area (Å²) < 4.78 is 3.12. The zero-order chi connectivity index (χ0) is 19.0. The first kappa shape index (κ1) is 18.6. The molecule has 0 aliphatic rings. The van der Waals surface area contributed by atoms with Crippen molar-refractivity contribution in [2.24, 2.45) is 0 Å². The maximum atomic E-state index is 12.4. The van der Waals surface area contributed by atoms with E-state index in [4.69, 9.17) is 23.2 Å². The molecule has 0 aliphatic heterocycles. The Morgan fingerprint density at radius 2 is 2.07 bits per heavy atom. The number of aromatic nitrogens is 3. The smallest absolute Gasteiger partial charge is 0.230 e. The summed E-state index contributed by atoms with van der Waals surface area (Å²) in [6, 6.07) is 13.1. The Morgan fingerprint density at radius 3 is 2.89 bits per heavy atom. The van der Waals surface area contributed by atoms with Crippen LogP contribution in [0.4, 0.5) is 0 Å². The summed E-state index contributed by atoms with van der Waals surface area (Å²) in [4.78, 5) is 13.2. The highest BCUT2D eigenvalue weighted by atomic mass is 35.5. The fourth-order valence-electron chi connectivity index (χ4n) is 2.79. The Morgan fingerprint density at radius 1 is 1.26 bits per heavy atom. The number of thiazole rings is 1. The van der Waals surface area contributed by atoms with Gasteiger partial charge in [-0.05, 0) is 36.8 Å². The van der Waals surface area contributed by atoms with E-state index in [0.717, 1.165) is 20.7 Å². The van der Waals surface area contributed by atoms with E-state index in [1.54, 1.807) is 23.5 Å². The van der Waals surface area contributed by atoms with E-state index in [0.29, 0.717) is 15.2 Å². The normalized spacial score (nSPS) is 12.6. The van der Waals surface area contributed by atoms with Gasteiger partial charge >= 0.3 is 0 Å². The zero-order valence-electron chi connectivity index (χ0n) is 14.1. The molecule has 9 heteroatoms. The number of para-hydroxylation sites is 1. The number of thioether (sulfide) groups is 1. The molecule has 5 nitrogen and oxygen atoms in total. The Bertz CT molecular complexity index is 1140. The molecule has 0 saturated carbocycles. The van der Waals surface area contributed by atoms with E-state index in [-0.39, 0.29) is 17.7 Å².